The number of phenols is 1. The summed E-state index contributed by atoms with van der Waals surface area (Å²) in [6.45, 7) is 5.02. The van der Waals surface area contributed by atoms with Crippen LogP contribution in [0.1, 0.15) is 32.6 Å². The van der Waals surface area contributed by atoms with Crippen LogP contribution < -0.4 is 9.64 Å². The second-order valence-corrected chi connectivity index (χ2v) is 4.58. The van der Waals surface area contributed by atoms with E-state index in [1.807, 2.05) is 12.1 Å². The molecule has 0 amide bonds. The lowest BCUT2D eigenvalue weighted by atomic mass is 10.2. The van der Waals surface area contributed by atoms with E-state index in [-0.39, 0.29) is 0 Å². The van der Waals surface area contributed by atoms with Crippen molar-refractivity contribution in [3.63, 3.8) is 0 Å². The zero-order valence-corrected chi connectivity index (χ0v) is 10.5. The van der Waals surface area contributed by atoms with Crippen LogP contribution in [0.25, 0.3) is 0 Å². The minimum absolute atomic E-state index is 0.292. The van der Waals surface area contributed by atoms with Crippen LogP contribution in [0, 0.1) is 0 Å². The summed E-state index contributed by atoms with van der Waals surface area (Å²) in [6, 6.07) is 5.54. The van der Waals surface area contributed by atoms with E-state index in [4.69, 9.17) is 4.74 Å². The minimum Gasteiger partial charge on any atom is -0.508 e. The third kappa shape index (κ3) is 3.29. The number of benzene rings is 1. The Balaban J connectivity index is 2.05. The Hall–Kier alpha value is -1.38. The fourth-order valence-electron chi connectivity index (χ4n) is 2.14. The van der Waals surface area contributed by atoms with Crippen LogP contribution in [0.4, 0.5) is 5.69 Å². The summed E-state index contributed by atoms with van der Waals surface area (Å²) in [5, 5.41) is 9.70. The number of ether oxygens (including phenoxy) is 1. The van der Waals surface area contributed by atoms with Gasteiger partial charge in [0, 0.05) is 37.0 Å². The molecule has 0 aliphatic carbocycles. The van der Waals surface area contributed by atoms with Gasteiger partial charge in [-0.3, -0.25) is 0 Å². The molecule has 1 fully saturated rings. The van der Waals surface area contributed by atoms with Gasteiger partial charge in [-0.1, -0.05) is 13.3 Å². The lowest BCUT2D eigenvalue weighted by Gasteiger charge is -2.19. The molecule has 1 saturated heterocycles. The van der Waals surface area contributed by atoms with Crippen LogP contribution in [0.3, 0.4) is 0 Å². The molecule has 0 radical (unpaired) electrons. The molecule has 0 aromatic heterocycles. The third-order valence-corrected chi connectivity index (χ3v) is 3.11. The van der Waals surface area contributed by atoms with E-state index in [9.17, 15) is 5.11 Å². The number of hydrogen-bond acceptors (Lipinski definition) is 3. The molecule has 0 unspecified atom stereocenters. The zero-order chi connectivity index (χ0) is 12.1. The van der Waals surface area contributed by atoms with Crippen molar-refractivity contribution in [3.8, 4) is 11.5 Å². The van der Waals surface area contributed by atoms with Crippen molar-refractivity contribution in [1.82, 2.24) is 0 Å². The molecule has 2 rings (SSSR count). The van der Waals surface area contributed by atoms with Gasteiger partial charge >= 0.3 is 0 Å². The van der Waals surface area contributed by atoms with Gasteiger partial charge in [-0.05, 0) is 19.3 Å². The number of phenolic OH excluding ortho intramolecular Hbond substituents is 1. The molecule has 3 nitrogen and oxygen atoms in total. The molecular formula is C14H21NO2. The molecule has 0 atom stereocenters. The van der Waals surface area contributed by atoms with Crippen molar-refractivity contribution < 1.29 is 9.84 Å². The highest BCUT2D eigenvalue weighted by Gasteiger charge is 2.13. The number of unbranched alkanes of at least 4 members (excludes halogenated alkanes) is 1. The van der Waals surface area contributed by atoms with Crippen LogP contribution in [0.2, 0.25) is 0 Å². The van der Waals surface area contributed by atoms with E-state index < -0.39 is 0 Å². The van der Waals surface area contributed by atoms with Crippen LogP contribution in [0.15, 0.2) is 18.2 Å². The Morgan fingerprint density at radius 3 is 2.71 bits per heavy atom. The molecule has 0 bridgehead atoms. The average Bonchev–Trinajstić information content (AvgIpc) is 2.82. The number of hydrogen-bond donors (Lipinski definition) is 1. The maximum absolute atomic E-state index is 9.70. The molecule has 1 aliphatic rings. The van der Waals surface area contributed by atoms with Gasteiger partial charge in [0.05, 0.1) is 6.61 Å². The summed E-state index contributed by atoms with van der Waals surface area (Å²) >= 11 is 0. The maximum atomic E-state index is 9.70. The van der Waals surface area contributed by atoms with Gasteiger partial charge in [0.1, 0.15) is 11.5 Å². The SMILES string of the molecule is CCCCOc1cc(O)cc(N2CCCC2)c1. The molecular weight excluding hydrogens is 214 g/mol. The van der Waals surface area contributed by atoms with Crippen molar-refractivity contribution in [2.45, 2.75) is 32.6 Å². The monoisotopic (exact) mass is 235 g/mol. The van der Waals surface area contributed by atoms with E-state index in [2.05, 4.69) is 11.8 Å². The fraction of sp³-hybridized carbons (Fsp3) is 0.571. The minimum atomic E-state index is 0.292. The highest BCUT2D eigenvalue weighted by Crippen LogP contribution is 2.29. The predicted octanol–water partition coefficient (Wildman–Crippen LogP) is 3.17. The van der Waals surface area contributed by atoms with Crippen LogP contribution in [0.5, 0.6) is 11.5 Å². The van der Waals surface area contributed by atoms with Crippen molar-refractivity contribution in [3.05, 3.63) is 18.2 Å². The smallest absolute Gasteiger partial charge is 0.125 e. The number of aromatic hydroxyl groups is 1. The van der Waals surface area contributed by atoms with Crippen molar-refractivity contribution >= 4 is 5.69 Å². The van der Waals surface area contributed by atoms with Crippen LogP contribution in [-0.4, -0.2) is 24.8 Å². The zero-order valence-electron chi connectivity index (χ0n) is 10.5. The number of nitrogens with zero attached hydrogens (tertiary/aromatic N) is 1. The lowest BCUT2D eigenvalue weighted by Crippen LogP contribution is -2.17. The fourth-order valence-corrected chi connectivity index (χ4v) is 2.14. The number of rotatable bonds is 5. The maximum Gasteiger partial charge on any atom is 0.125 e. The van der Waals surface area contributed by atoms with Crippen molar-refractivity contribution in [2.75, 3.05) is 24.6 Å². The Labute approximate surface area is 103 Å². The van der Waals surface area contributed by atoms with Gasteiger partial charge in [-0.25, -0.2) is 0 Å². The largest absolute Gasteiger partial charge is 0.508 e. The molecule has 1 aliphatic heterocycles. The molecule has 1 aromatic carbocycles. The first-order valence-electron chi connectivity index (χ1n) is 6.51. The van der Waals surface area contributed by atoms with E-state index in [0.29, 0.717) is 5.75 Å². The molecule has 1 heterocycles. The normalized spacial score (nSPS) is 15.2. The first-order chi connectivity index (χ1) is 8.29. The average molecular weight is 235 g/mol. The second kappa shape index (κ2) is 5.80. The Morgan fingerprint density at radius 1 is 1.24 bits per heavy atom. The van der Waals surface area contributed by atoms with Crippen molar-refractivity contribution in [2.24, 2.45) is 0 Å². The van der Waals surface area contributed by atoms with Gasteiger partial charge < -0.3 is 14.7 Å². The summed E-state index contributed by atoms with van der Waals surface area (Å²) in [5.74, 6) is 1.07. The second-order valence-electron chi connectivity index (χ2n) is 4.58. The van der Waals surface area contributed by atoms with E-state index >= 15 is 0 Å². The first-order valence-corrected chi connectivity index (χ1v) is 6.51. The van der Waals surface area contributed by atoms with E-state index in [0.717, 1.165) is 44.0 Å². The molecule has 0 saturated carbocycles. The van der Waals surface area contributed by atoms with Gasteiger partial charge in [0.25, 0.3) is 0 Å². The summed E-state index contributed by atoms with van der Waals surface area (Å²) < 4.78 is 5.64. The van der Waals surface area contributed by atoms with Crippen LogP contribution in [-0.2, 0) is 0 Å². The lowest BCUT2D eigenvalue weighted by molar-refractivity contribution is 0.307. The summed E-state index contributed by atoms with van der Waals surface area (Å²) in [7, 11) is 0. The molecule has 1 N–H and O–H groups in total. The summed E-state index contributed by atoms with van der Waals surface area (Å²) in [6.07, 6.45) is 4.65. The summed E-state index contributed by atoms with van der Waals surface area (Å²) in [5.41, 5.74) is 1.08. The molecule has 3 heteroatoms. The van der Waals surface area contributed by atoms with Gasteiger partial charge in [-0.15, -0.1) is 0 Å². The highest BCUT2D eigenvalue weighted by molar-refractivity contribution is 5.55. The Bertz CT molecular complexity index is 359. The third-order valence-electron chi connectivity index (χ3n) is 3.11. The van der Waals surface area contributed by atoms with E-state index in [1.54, 1.807) is 6.07 Å². The topological polar surface area (TPSA) is 32.7 Å². The predicted molar refractivity (Wildman–Crippen MR) is 70.0 cm³/mol. The highest BCUT2D eigenvalue weighted by atomic mass is 16.5. The Morgan fingerprint density at radius 2 is 2.00 bits per heavy atom. The quantitative estimate of drug-likeness (QED) is 0.796. The van der Waals surface area contributed by atoms with Gasteiger partial charge in [-0.2, -0.15) is 0 Å². The molecule has 94 valence electrons. The molecule has 1 aromatic rings. The molecule has 0 spiro atoms. The van der Waals surface area contributed by atoms with E-state index in [1.165, 1.54) is 12.8 Å². The summed E-state index contributed by atoms with van der Waals surface area (Å²) in [4.78, 5) is 2.30. The number of anilines is 1. The Kier molecular flexibility index (Phi) is 4.13. The first kappa shape index (κ1) is 12.1. The van der Waals surface area contributed by atoms with Crippen molar-refractivity contribution in [1.29, 1.82) is 0 Å². The molecule has 17 heavy (non-hydrogen) atoms. The van der Waals surface area contributed by atoms with Gasteiger partial charge in [0.2, 0.25) is 0 Å². The van der Waals surface area contributed by atoms with Crippen LogP contribution >= 0.6 is 0 Å². The standard InChI is InChI=1S/C14H21NO2/c1-2-3-8-17-14-10-12(9-13(16)11-14)15-6-4-5-7-15/h9-11,16H,2-8H2,1H3. The van der Waals surface area contributed by atoms with Gasteiger partial charge in [0.15, 0.2) is 0 Å².